The lowest BCUT2D eigenvalue weighted by atomic mass is 10.1. The highest BCUT2D eigenvalue weighted by Crippen LogP contribution is 2.27. The lowest BCUT2D eigenvalue weighted by molar-refractivity contribution is -0.120. The third kappa shape index (κ3) is 6.44. The summed E-state index contributed by atoms with van der Waals surface area (Å²) in [6, 6.07) is 16.8. The summed E-state index contributed by atoms with van der Waals surface area (Å²) >= 11 is 5.97. The molecule has 2 aromatic carbocycles. The summed E-state index contributed by atoms with van der Waals surface area (Å²) in [5.41, 5.74) is 3.66. The number of benzene rings is 2. The first-order valence-electron chi connectivity index (χ1n) is 9.32. The number of carbonyl (C=O) groups is 3. The number of hydrazone groups is 1. The molecule has 3 aromatic rings. The van der Waals surface area contributed by atoms with Crippen molar-refractivity contribution in [2.24, 2.45) is 5.10 Å². The third-order valence-electron chi connectivity index (χ3n) is 4.10. The molecule has 0 aliphatic carbocycles. The zero-order chi connectivity index (χ0) is 22.9. The molecule has 0 saturated heterocycles. The van der Waals surface area contributed by atoms with E-state index in [1.807, 2.05) is 30.3 Å². The lowest BCUT2D eigenvalue weighted by Gasteiger charge is -2.06. The van der Waals surface area contributed by atoms with E-state index in [0.717, 1.165) is 5.56 Å². The third-order valence-corrected chi connectivity index (χ3v) is 4.41. The van der Waals surface area contributed by atoms with Crippen LogP contribution in [0.3, 0.4) is 0 Å². The molecule has 0 bridgehead atoms. The molecule has 10 heteroatoms. The molecule has 1 aromatic heterocycles. The van der Waals surface area contributed by atoms with Crippen LogP contribution in [0.1, 0.15) is 21.7 Å². The van der Waals surface area contributed by atoms with Gasteiger partial charge in [0, 0.05) is 5.56 Å². The zero-order valence-electron chi connectivity index (χ0n) is 16.6. The summed E-state index contributed by atoms with van der Waals surface area (Å²) in [7, 11) is 0. The molecular weight excluding hydrogens is 438 g/mol. The number of nitrogens with zero attached hydrogens (tertiary/aromatic N) is 1. The Kier molecular flexibility index (Phi) is 7.60. The van der Waals surface area contributed by atoms with Gasteiger partial charge in [-0.25, -0.2) is 15.0 Å². The van der Waals surface area contributed by atoms with Crippen LogP contribution >= 0.6 is 11.6 Å². The van der Waals surface area contributed by atoms with Crippen molar-refractivity contribution in [3.05, 3.63) is 82.6 Å². The van der Waals surface area contributed by atoms with Crippen LogP contribution in [0.5, 0.6) is 0 Å². The molecule has 0 radical (unpaired) electrons. The van der Waals surface area contributed by atoms with Crippen LogP contribution in [0.2, 0.25) is 5.02 Å². The summed E-state index contributed by atoms with van der Waals surface area (Å²) in [6.45, 7) is -0.222. The molecule has 164 valence electrons. The van der Waals surface area contributed by atoms with E-state index in [0.29, 0.717) is 17.1 Å². The number of amides is 2. The van der Waals surface area contributed by atoms with Crippen LogP contribution < -0.4 is 10.7 Å². The van der Waals surface area contributed by atoms with Crippen molar-refractivity contribution in [1.82, 2.24) is 10.7 Å². The van der Waals surface area contributed by atoms with Crippen LogP contribution in [0.15, 0.2) is 70.2 Å². The SMILES string of the molecule is O=C(CNC(=O)OCc1ccccc1)N/N=C\c1ccc(-c2ccc(C(=O)O)c(Cl)c2)o1. The van der Waals surface area contributed by atoms with Crippen LogP contribution in [0.4, 0.5) is 4.79 Å². The summed E-state index contributed by atoms with van der Waals surface area (Å²) in [5.74, 6) is -0.891. The highest BCUT2D eigenvalue weighted by Gasteiger charge is 2.11. The first-order valence-corrected chi connectivity index (χ1v) is 9.69. The first kappa shape index (κ1) is 22.6. The van der Waals surface area contributed by atoms with Gasteiger partial charge in [0.2, 0.25) is 0 Å². The standard InChI is InChI=1S/C22H18ClN3O6/c23-18-10-15(6-8-17(18)21(28)29)19-9-7-16(32-19)11-25-26-20(27)12-24-22(30)31-13-14-4-2-1-3-5-14/h1-11H,12-13H2,(H,24,30)(H,26,27)(H,28,29)/b25-11-. The number of rotatable bonds is 8. The van der Waals surface area contributed by atoms with E-state index < -0.39 is 18.0 Å². The summed E-state index contributed by atoms with van der Waals surface area (Å²) in [4.78, 5) is 34.4. The van der Waals surface area contributed by atoms with Gasteiger partial charge < -0.3 is 19.6 Å². The number of aromatic carboxylic acids is 1. The van der Waals surface area contributed by atoms with Gasteiger partial charge in [-0.05, 0) is 29.8 Å². The van der Waals surface area contributed by atoms with E-state index in [4.69, 9.17) is 25.9 Å². The van der Waals surface area contributed by atoms with Crippen molar-refractivity contribution < 1.29 is 28.6 Å². The van der Waals surface area contributed by atoms with Crippen molar-refractivity contribution in [2.75, 3.05) is 6.54 Å². The fourth-order valence-corrected chi connectivity index (χ4v) is 2.81. The Hall–Kier alpha value is -4.11. The predicted octanol–water partition coefficient (Wildman–Crippen LogP) is 3.67. The first-order chi connectivity index (χ1) is 15.4. The Morgan fingerprint density at radius 1 is 1.09 bits per heavy atom. The number of hydrogen-bond acceptors (Lipinski definition) is 6. The molecule has 0 fully saturated rings. The van der Waals surface area contributed by atoms with Crippen LogP contribution in [-0.2, 0) is 16.1 Å². The van der Waals surface area contributed by atoms with E-state index in [-0.39, 0.29) is 23.7 Å². The van der Waals surface area contributed by atoms with Crippen LogP contribution in [-0.4, -0.2) is 35.8 Å². The monoisotopic (exact) mass is 455 g/mol. The van der Waals surface area contributed by atoms with Gasteiger partial charge in [-0.2, -0.15) is 5.10 Å². The highest BCUT2D eigenvalue weighted by atomic mass is 35.5. The second-order valence-electron chi connectivity index (χ2n) is 6.41. The summed E-state index contributed by atoms with van der Waals surface area (Å²) < 4.78 is 10.6. The van der Waals surface area contributed by atoms with Crippen molar-refractivity contribution in [1.29, 1.82) is 0 Å². The fraction of sp³-hybridized carbons (Fsp3) is 0.0909. The molecule has 0 atom stereocenters. The highest BCUT2D eigenvalue weighted by molar-refractivity contribution is 6.33. The second kappa shape index (κ2) is 10.8. The average Bonchev–Trinajstić information content (AvgIpc) is 3.25. The molecule has 32 heavy (non-hydrogen) atoms. The molecule has 3 N–H and O–H groups in total. The van der Waals surface area contributed by atoms with Crippen molar-refractivity contribution in [3.8, 4) is 11.3 Å². The van der Waals surface area contributed by atoms with E-state index in [1.165, 1.54) is 18.3 Å². The minimum atomic E-state index is -1.12. The maximum absolute atomic E-state index is 11.8. The Morgan fingerprint density at radius 2 is 1.88 bits per heavy atom. The number of ether oxygens (including phenoxy) is 1. The molecule has 1 heterocycles. The average molecular weight is 456 g/mol. The maximum Gasteiger partial charge on any atom is 0.407 e. The van der Waals surface area contributed by atoms with Crippen LogP contribution in [0.25, 0.3) is 11.3 Å². The van der Waals surface area contributed by atoms with Gasteiger partial charge in [0.15, 0.2) is 0 Å². The van der Waals surface area contributed by atoms with Crippen molar-refractivity contribution >= 4 is 35.8 Å². The number of alkyl carbamates (subject to hydrolysis) is 1. The fourth-order valence-electron chi connectivity index (χ4n) is 2.55. The number of hydrogen-bond donors (Lipinski definition) is 3. The van der Waals surface area contributed by atoms with Crippen molar-refractivity contribution in [2.45, 2.75) is 6.61 Å². The Labute approximate surface area is 187 Å². The van der Waals surface area contributed by atoms with Gasteiger partial charge in [0.1, 0.15) is 24.7 Å². The molecule has 0 unspecified atom stereocenters. The topological polar surface area (TPSA) is 130 Å². The van der Waals surface area contributed by atoms with E-state index in [9.17, 15) is 14.4 Å². The Balaban J connectivity index is 1.44. The van der Waals surface area contributed by atoms with Crippen molar-refractivity contribution in [3.63, 3.8) is 0 Å². The number of carboxylic acid groups (broad SMARTS) is 1. The second-order valence-corrected chi connectivity index (χ2v) is 6.82. The Morgan fingerprint density at radius 3 is 2.59 bits per heavy atom. The predicted molar refractivity (Wildman–Crippen MR) is 116 cm³/mol. The van der Waals surface area contributed by atoms with Gasteiger partial charge in [0.25, 0.3) is 5.91 Å². The molecule has 0 aliphatic heterocycles. The number of nitrogens with one attached hydrogen (secondary N) is 2. The van der Waals surface area contributed by atoms with Gasteiger partial charge in [-0.15, -0.1) is 0 Å². The zero-order valence-corrected chi connectivity index (χ0v) is 17.3. The Bertz CT molecular complexity index is 1140. The largest absolute Gasteiger partial charge is 0.478 e. The molecule has 2 amide bonds. The van der Waals surface area contributed by atoms with Crippen LogP contribution in [0, 0.1) is 0 Å². The normalized spacial score (nSPS) is 10.7. The van der Waals surface area contributed by atoms with Gasteiger partial charge >= 0.3 is 12.1 Å². The maximum atomic E-state index is 11.8. The molecule has 0 spiro atoms. The minimum Gasteiger partial charge on any atom is -0.478 e. The van der Waals surface area contributed by atoms with E-state index >= 15 is 0 Å². The quantitative estimate of drug-likeness (QED) is 0.351. The lowest BCUT2D eigenvalue weighted by Crippen LogP contribution is -2.35. The molecular formula is C22H18ClN3O6. The number of halogens is 1. The van der Waals surface area contributed by atoms with Gasteiger partial charge in [0.05, 0.1) is 16.8 Å². The molecule has 0 saturated carbocycles. The smallest absolute Gasteiger partial charge is 0.407 e. The number of carboxylic acids is 1. The van der Waals surface area contributed by atoms with Gasteiger partial charge in [-0.3, -0.25) is 4.79 Å². The summed E-state index contributed by atoms with van der Waals surface area (Å²) in [5, 5.41) is 15.2. The number of furan rings is 1. The van der Waals surface area contributed by atoms with Gasteiger partial charge in [-0.1, -0.05) is 48.0 Å². The van der Waals surface area contributed by atoms with E-state index in [2.05, 4.69) is 15.8 Å². The molecule has 0 aliphatic rings. The molecule has 9 nitrogen and oxygen atoms in total. The summed E-state index contributed by atoms with van der Waals surface area (Å²) in [6.07, 6.45) is 0.554. The van der Waals surface area contributed by atoms with E-state index in [1.54, 1.807) is 18.2 Å². The minimum absolute atomic E-state index is 0.0102. The molecule has 3 rings (SSSR count). The number of carbonyl (C=O) groups excluding carboxylic acids is 2.